The Labute approximate surface area is 76.3 Å². The van der Waals surface area contributed by atoms with Crippen molar-refractivity contribution in [1.29, 1.82) is 0 Å². The maximum atomic E-state index is 2.19. The normalized spacial score (nSPS) is 8.70. The minimum absolute atomic E-state index is 0. The minimum atomic E-state index is 0. The van der Waals surface area contributed by atoms with E-state index in [1.165, 1.54) is 16.7 Å². The SMILES string of the molecule is Cc1cc(C)cc(C)c1.[H-].[Li+]. The van der Waals surface area contributed by atoms with E-state index < -0.39 is 0 Å². The second-order valence-corrected chi connectivity index (χ2v) is 2.67. The largest absolute Gasteiger partial charge is 1.00 e. The number of aryl methyl sites for hydroxylation is 3. The fourth-order valence-electron chi connectivity index (χ4n) is 1.20. The van der Waals surface area contributed by atoms with E-state index in [0.29, 0.717) is 0 Å². The van der Waals surface area contributed by atoms with E-state index in [1.54, 1.807) is 0 Å². The molecule has 0 atom stereocenters. The molecule has 50 valence electrons. The molecule has 10 heavy (non-hydrogen) atoms. The molecule has 1 rings (SSSR count). The van der Waals surface area contributed by atoms with Crippen LogP contribution in [0.5, 0.6) is 0 Å². The molecular formula is C9H13Li. The van der Waals surface area contributed by atoms with Crippen LogP contribution < -0.4 is 18.9 Å². The zero-order valence-electron chi connectivity index (χ0n) is 8.23. The molecule has 0 radical (unpaired) electrons. The van der Waals surface area contributed by atoms with E-state index in [1.807, 2.05) is 0 Å². The predicted octanol–water partition coefficient (Wildman–Crippen LogP) is -0.272. The molecule has 0 aliphatic rings. The van der Waals surface area contributed by atoms with Gasteiger partial charge in [0.1, 0.15) is 0 Å². The summed E-state index contributed by atoms with van der Waals surface area (Å²) >= 11 is 0. The van der Waals surface area contributed by atoms with E-state index in [2.05, 4.69) is 39.0 Å². The first kappa shape index (κ1) is 9.82. The molecule has 0 amide bonds. The van der Waals surface area contributed by atoms with E-state index in [9.17, 15) is 0 Å². The van der Waals surface area contributed by atoms with Crippen LogP contribution in [0.1, 0.15) is 18.1 Å². The van der Waals surface area contributed by atoms with Crippen molar-refractivity contribution in [1.82, 2.24) is 0 Å². The Morgan fingerprint density at radius 2 is 1.00 bits per heavy atom. The predicted molar refractivity (Wildman–Crippen MR) is 41.8 cm³/mol. The fourth-order valence-corrected chi connectivity index (χ4v) is 1.20. The Morgan fingerprint density at radius 1 is 0.800 bits per heavy atom. The van der Waals surface area contributed by atoms with Crippen LogP contribution in [0.2, 0.25) is 0 Å². The van der Waals surface area contributed by atoms with Gasteiger partial charge in [-0.15, -0.1) is 0 Å². The summed E-state index contributed by atoms with van der Waals surface area (Å²) in [5.74, 6) is 0. The summed E-state index contributed by atoms with van der Waals surface area (Å²) in [5.41, 5.74) is 4.06. The maximum absolute atomic E-state index is 2.19. The topological polar surface area (TPSA) is 0 Å². The summed E-state index contributed by atoms with van der Waals surface area (Å²) in [6.45, 7) is 6.38. The molecule has 0 heterocycles. The van der Waals surface area contributed by atoms with E-state index in [4.69, 9.17) is 0 Å². The molecule has 0 aliphatic heterocycles. The second kappa shape index (κ2) is 3.86. The van der Waals surface area contributed by atoms with Gasteiger partial charge in [-0.25, -0.2) is 0 Å². The van der Waals surface area contributed by atoms with Gasteiger partial charge >= 0.3 is 18.9 Å². The molecule has 0 bridgehead atoms. The van der Waals surface area contributed by atoms with Crippen molar-refractivity contribution >= 4 is 0 Å². The Bertz CT molecular complexity index is 170. The zero-order valence-corrected chi connectivity index (χ0v) is 7.23. The maximum Gasteiger partial charge on any atom is 1.00 e. The molecule has 0 spiro atoms. The van der Waals surface area contributed by atoms with Crippen molar-refractivity contribution in [3.05, 3.63) is 34.9 Å². The molecular weight excluding hydrogens is 115 g/mol. The molecule has 0 aliphatic carbocycles. The van der Waals surface area contributed by atoms with Gasteiger partial charge in [-0.2, -0.15) is 0 Å². The molecule has 0 saturated heterocycles. The van der Waals surface area contributed by atoms with Crippen molar-refractivity contribution < 1.29 is 20.3 Å². The molecule has 0 N–H and O–H groups in total. The van der Waals surface area contributed by atoms with Crippen LogP contribution in [-0.4, -0.2) is 0 Å². The van der Waals surface area contributed by atoms with Crippen molar-refractivity contribution in [3.8, 4) is 0 Å². The van der Waals surface area contributed by atoms with Crippen LogP contribution in [0.4, 0.5) is 0 Å². The summed E-state index contributed by atoms with van der Waals surface area (Å²) in [6, 6.07) is 6.56. The first-order chi connectivity index (χ1) is 4.18. The zero-order chi connectivity index (χ0) is 6.85. The molecule has 1 aromatic rings. The van der Waals surface area contributed by atoms with Gasteiger partial charge in [0.15, 0.2) is 0 Å². The molecule has 0 unspecified atom stereocenters. The Hall–Kier alpha value is -0.183. The van der Waals surface area contributed by atoms with Crippen LogP contribution in [0.25, 0.3) is 0 Å². The summed E-state index contributed by atoms with van der Waals surface area (Å²) in [5, 5.41) is 0. The van der Waals surface area contributed by atoms with Gasteiger partial charge in [0.2, 0.25) is 0 Å². The molecule has 1 heteroatoms. The Balaban J connectivity index is 0. The fraction of sp³-hybridized carbons (Fsp3) is 0.333. The average Bonchev–Trinajstić information content (AvgIpc) is 1.59. The van der Waals surface area contributed by atoms with Gasteiger partial charge in [0.25, 0.3) is 0 Å². The van der Waals surface area contributed by atoms with Gasteiger partial charge in [0.05, 0.1) is 0 Å². The van der Waals surface area contributed by atoms with Crippen LogP contribution >= 0.6 is 0 Å². The number of hydrogen-bond acceptors (Lipinski definition) is 0. The van der Waals surface area contributed by atoms with Crippen LogP contribution in [-0.2, 0) is 0 Å². The first-order valence-corrected chi connectivity index (χ1v) is 3.23. The Kier molecular flexibility index (Phi) is 3.79. The third-order valence-corrected chi connectivity index (χ3v) is 1.37. The summed E-state index contributed by atoms with van der Waals surface area (Å²) in [6.07, 6.45) is 0. The van der Waals surface area contributed by atoms with Gasteiger partial charge in [-0.1, -0.05) is 34.9 Å². The standard InChI is InChI=1S/C9H12.Li.H/c1-7-4-8(2)6-9(3)5-7;;/h4-6H,1-3H3;;/q;+1;-1. The first-order valence-electron chi connectivity index (χ1n) is 3.23. The molecule has 0 aromatic heterocycles. The number of rotatable bonds is 0. The monoisotopic (exact) mass is 128 g/mol. The van der Waals surface area contributed by atoms with Gasteiger partial charge in [-0.3, -0.25) is 0 Å². The molecule has 0 fully saturated rings. The average molecular weight is 128 g/mol. The molecule has 0 saturated carbocycles. The third kappa shape index (κ3) is 2.60. The Morgan fingerprint density at radius 3 is 1.20 bits per heavy atom. The summed E-state index contributed by atoms with van der Waals surface area (Å²) in [4.78, 5) is 0. The minimum Gasteiger partial charge on any atom is -1.00 e. The van der Waals surface area contributed by atoms with Crippen molar-refractivity contribution in [3.63, 3.8) is 0 Å². The number of hydrogen-bond donors (Lipinski definition) is 0. The molecule has 1 aromatic carbocycles. The van der Waals surface area contributed by atoms with Gasteiger partial charge in [0, 0.05) is 0 Å². The van der Waals surface area contributed by atoms with E-state index >= 15 is 0 Å². The summed E-state index contributed by atoms with van der Waals surface area (Å²) < 4.78 is 0. The van der Waals surface area contributed by atoms with Crippen molar-refractivity contribution in [2.24, 2.45) is 0 Å². The van der Waals surface area contributed by atoms with Gasteiger partial charge in [-0.05, 0) is 20.8 Å². The number of benzene rings is 1. The van der Waals surface area contributed by atoms with Crippen molar-refractivity contribution in [2.45, 2.75) is 20.8 Å². The molecule has 0 nitrogen and oxygen atoms in total. The van der Waals surface area contributed by atoms with Crippen LogP contribution in [0.15, 0.2) is 18.2 Å². The van der Waals surface area contributed by atoms with Crippen LogP contribution in [0.3, 0.4) is 0 Å². The third-order valence-electron chi connectivity index (χ3n) is 1.37. The van der Waals surface area contributed by atoms with E-state index in [0.717, 1.165) is 0 Å². The summed E-state index contributed by atoms with van der Waals surface area (Å²) in [7, 11) is 0. The van der Waals surface area contributed by atoms with Crippen LogP contribution in [0, 0.1) is 20.8 Å². The second-order valence-electron chi connectivity index (χ2n) is 2.67. The quantitative estimate of drug-likeness (QED) is 0.422. The van der Waals surface area contributed by atoms with Gasteiger partial charge < -0.3 is 1.43 Å². The van der Waals surface area contributed by atoms with E-state index in [-0.39, 0.29) is 20.3 Å². The van der Waals surface area contributed by atoms with Crippen molar-refractivity contribution in [2.75, 3.05) is 0 Å². The smallest absolute Gasteiger partial charge is 1.00 e.